The molecule has 23 heavy (non-hydrogen) atoms. The van der Waals surface area contributed by atoms with Crippen molar-refractivity contribution >= 4 is 28.9 Å². The second-order valence-electron chi connectivity index (χ2n) is 4.33. The first-order valence-corrected chi connectivity index (χ1v) is 6.56. The summed E-state index contributed by atoms with van der Waals surface area (Å²) in [6.45, 7) is -0.660. The molecule has 6 nitrogen and oxygen atoms in total. The minimum atomic E-state index is -0.773. The van der Waals surface area contributed by atoms with E-state index in [1.165, 1.54) is 12.1 Å². The summed E-state index contributed by atoms with van der Waals surface area (Å²) in [6.07, 6.45) is 0. The van der Waals surface area contributed by atoms with Gasteiger partial charge in [-0.3, -0.25) is 14.9 Å². The molecular formula is C14H9ClF2N2O4. The van der Waals surface area contributed by atoms with E-state index < -0.39 is 40.5 Å². The molecule has 9 heteroatoms. The molecule has 0 saturated carbocycles. The highest BCUT2D eigenvalue weighted by atomic mass is 35.5. The number of carbonyl (C=O) groups excluding carboxylic acids is 1. The van der Waals surface area contributed by atoms with Crippen LogP contribution in [0.25, 0.3) is 0 Å². The van der Waals surface area contributed by atoms with Crippen LogP contribution in [0.1, 0.15) is 0 Å². The maximum absolute atomic E-state index is 13.5. The van der Waals surface area contributed by atoms with Crippen molar-refractivity contribution in [2.45, 2.75) is 0 Å². The molecule has 0 atom stereocenters. The summed E-state index contributed by atoms with van der Waals surface area (Å²) in [6, 6.07) is 6.23. The molecule has 0 aliphatic rings. The summed E-state index contributed by atoms with van der Waals surface area (Å²) in [4.78, 5) is 21.7. The van der Waals surface area contributed by atoms with Gasteiger partial charge in [0.05, 0.1) is 10.6 Å². The number of rotatable bonds is 5. The van der Waals surface area contributed by atoms with Crippen LogP contribution in [-0.2, 0) is 4.79 Å². The van der Waals surface area contributed by atoms with Gasteiger partial charge in [0.1, 0.15) is 11.6 Å². The number of nitrogens with zero attached hydrogens (tertiary/aromatic N) is 1. The summed E-state index contributed by atoms with van der Waals surface area (Å²) in [7, 11) is 0. The first kappa shape index (κ1) is 16.6. The minimum absolute atomic E-state index is 0.128. The van der Waals surface area contributed by atoms with Crippen LogP contribution in [0.15, 0.2) is 36.4 Å². The maximum Gasteiger partial charge on any atom is 0.311 e. The molecule has 0 radical (unpaired) electrons. The molecular weight excluding hydrogens is 334 g/mol. The summed E-state index contributed by atoms with van der Waals surface area (Å²) >= 11 is 5.58. The van der Waals surface area contributed by atoms with E-state index in [1.54, 1.807) is 0 Å². The Balaban J connectivity index is 2.05. The first-order chi connectivity index (χ1) is 10.9. The Kier molecular flexibility index (Phi) is 5.07. The van der Waals surface area contributed by atoms with Crippen molar-refractivity contribution < 1.29 is 23.2 Å². The van der Waals surface area contributed by atoms with Crippen molar-refractivity contribution in [2.24, 2.45) is 0 Å². The number of nitro benzene ring substituents is 1. The summed E-state index contributed by atoms with van der Waals surface area (Å²) in [5.74, 6) is -2.68. The van der Waals surface area contributed by atoms with Gasteiger partial charge in [-0.1, -0.05) is 11.6 Å². The molecule has 0 spiro atoms. The molecule has 2 aromatic carbocycles. The third-order valence-electron chi connectivity index (χ3n) is 2.68. The highest BCUT2D eigenvalue weighted by molar-refractivity contribution is 6.30. The predicted octanol–water partition coefficient (Wildman–Crippen LogP) is 3.54. The van der Waals surface area contributed by atoms with Gasteiger partial charge in [0.15, 0.2) is 6.61 Å². The number of carbonyl (C=O) groups is 1. The highest BCUT2D eigenvalue weighted by Gasteiger charge is 2.17. The van der Waals surface area contributed by atoms with Crippen molar-refractivity contribution in [3.63, 3.8) is 0 Å². The number of nitrogens with one attached hydrogen (secondary N) is 1. The van der Waals surface area contributed by atoms with Crippen LogP contribution < -0.4 is 10.1 Å². The van der Waals surface area contributed by atoms with Gasteiger partial charge in [-0.25, -0.2) is 8.78 Å². The van der Waals surface area contributed by atoms with Crippen LogP contribution in [0, 0.1) is 21.7 Å². The van der Waals surface area contributed by atoms with Crippen LogP contribution in [0.3, 0.4) is 0 Å². The molecule has 120 valence electrons. The van der Waals surface area contributed by atoms with Gasteiger partial charge in [0.25, 0.3) is 5.91 Å². The van der Waals surface area contributed by atoms with Gasteiger partial charge in [0.2, 0.25) is 5.75 Å². The van der Waals surface area contributed by atoms with Gasteiger partial charge in [-0.2, -0.15) is 0 Å². The molecule has 0 fully saturated rings. The van der Waals surface area contributed by atoms with Gasteiger partial charge in [0, 0.05) is 17.2 Å². The zero-order chi connectivity index (χ0) is 17.0. The Hall–Kier alpha value is -2.74. The number of hydrogen-bond acceptors (Lipinski definition) is 4. The van der Waals surface area contributed by atoms with Crippen molar-refractivity contribution in [2.75, 3.05) is 11.9 Å². The third kappa shape index (κ3) is 4.36. The van der Waals surface area contributed by atoms with E-state index in [0.717, 1.165) is 24.3 Å². The number of halogens is 3. The molecule has 0 saturated heterocycles. The first-order valence-electron chi connectivity index (χ1n) is 6.18. The SMILES string of the molecule is O=C(COc1cc(F)ccc1[N+](=O)[O-])Nc1ccc(Cl)cc1F. The topological polar surface area (TPSA) is 81.5 Å². The summed E-state index contributed by atoms with van der Waals surface area (Å²) in [5.41, 5.74) is -0.617. The number of nitro groups is 1. The molecule has 1 amide bonds. The zero-order valence-electron chi connectivity index (χ0n) is 11.4. The van der Waals surface area contributed by atoms with E-state index in [2.05, 4.69) is 5.32 Å². The lowest BCUT2D eigenvalue weighted by Crippen LogP contribution is -2.21. The largest absolute Gasteiger partial charge is 0.477 e. The number of amides is 1. The van der Waals surface area contributed by atoms with Crippen molar-refractivity contribution in [3.05, 3.63) is 63.2 Å². The van der Waals surface area contributed by atoms with Gasteiger partial charge in [-0.15, -0.1) is 0 Å². The second-order valence-corrected chi connectivity index (χ2v) is 4.77. The Morgan fingerprint density at radius 2 is 2.00 bits per heavy atom. The van der Waals surface area contributed by atoms with Crippen LogP contribution in [0.5, 0.6) is 5.75 Å². The molecule has 1 N–H and O–H groups in total. The fourth-order valence-electron chi connectivity index (χ4n) is 1.67. The lowest BCUT2D eigenvalue weighted by Gasteiger charge is -2.09. The monoisotopic (exact) mass is 342 g/mol. The van der Waals surface area contributed by atoms with Crippen LogP contribution in [-0.4, -0.2) is 17.4 Å². The van der Waals surface area contributed by atoms with Gasteiger partial charge < -0.3 is 10.1 Å². The number of hydrogen-bond donors (Lipinski definition) is 1. The van der Waals surface area contributed by atoms with E-state index >= 15 is 0 Å². The van der Waals surface area contributed by atoms with E-state index in [0.29, 0.717) is 0 Å². The number of ether oxygens (including phenoxy) is 1. The Labute approximate surface area is 133 Å². The van der Waals surface area contributed by atoms with Crippen molar-refractivity contribution in [3.8, 4) is 5.75 Å². The van der Waals surface area contributed by atoms with E-state index in [-0.39, 0.29) is 10.7 Å². The normalized spacial score (nSPS) is 10.2. The lowest BCUT2D eigenvalue weighted by molar-refractivity contribution is -0.385. The average Bonchev–Trinajstić information content (AvgIpc) is 2.48. The third-order valence-corrected chi connectivity index (χ3v) is 2.92. The highest BCUT2D eigenvalue weighted by Crippen LogP contribution is 2.27. The molecule has 2 rings (SSSR count). The minimum Gasteiger partial charge on any atom is -0.477 e. The quantitative estimate of drug-likeness (QED) is 0.665. The molecule has 0 aliphatic heterocycles. The van der Waals surface area contributed by atoms with E-state index in [4.69, 9.17) is 16.3 Å². The Bertz CT molecular complexity index is 770. The second kappa shape index (κ2) is 7.01. The molecule has 0 aromatic heterocycles. The van der Waals surface area contributed by atoms with Gasteiger partial charge in [-0.05, 0) is 24.3 Å². The number of benzene rings is 2. The fraction of sp³-hybridized carbons (Fsp3) is 0.0714. The fourth-order valence-corrected chi connectivity index (χ4v) is 1.83. The molecule has 0 unspecified atom stereocenters. The molecule has 0 heterocycles. The van der Waals surface area contributed by atoms with Crippen molar-refractivity contribution in [1.82, 2.24) is 0 Å². The van der Waals surface area contributed by atoms with Crippen LogP contribution in [0.2, 0.25) is 5.02 Å². The average molecular weight is 343 g/mol. The summed E-state index contributed by atoms with van der Waals surface area (Å²) < 4.78 is 31.6. The smallest absolute Gasteiger partial charge is 0.311 e. The standard InChI is InChI=1S/C14H9ClF2N2O4/c15-8-1-3-11(10(17)5-8)18-14(20)7-23-13-6-9(16)2-4-12(13)19(21)22/h1-6H,7H2,(H,18,20). The molecule has 2 aromatic rings. The van der Waals surface area contributed by atoms with Crippen molar-refractivity contribution in [1.29, 1.82) is 0 Å². The van der Waals surface area contributed by atoms with Crippen LogP contribution >= 0.6 is 11.6 Å². The summed E-state index contributed by atoms with van der Waals surface area (Å²) in [5, 5.41) is 13.2. The molecule has 0 bridgehead atoms. The number of anilines is 1. The zero-order valence-corrected chi connectivity index (χ0v) is 12.1. The van der Waals surface area contributed by atoms with E-state index in [1.807, 2.05) is 0 Å². The maximum atomic E-state index is 13.5. The van der Waals surface area contributed by atoms with Crippen LogP contribution in [0.4, 0.5) is 20.2 Å². The molecule has 0 aliphatic carbocycles. The Morgan fingerprint density at radius 3 is 2.65 bits per heavy atom. The lowest BCUT2D eigenvalue weighted by atomic mass is 10.3. The van der Waals surface area contributed by atoms with E-state index in [9.17, 15) is 23.7 Å². The van der Waals surface area contributed by atoms with Gasteiger partial charge >= 0.3 is 5.69 Å². The predicted molar refractivity (Wildman–Crippen MR) is 78.6 cm³/mol. The Morgan fingerprint density at radius 1 is 1.26 bits per heavy atom.